The molecule has 0 fully saturated rings. The lowest BCUT2D eigenvalue weighted by Gasteiger charge is -2.04. The lowest BCUT2D eigenvalue weighted by atomic mass is 10.2. The molecule has 2 aromatic rings. The van der Waals surface area contributed by atoms with Crippen LogP contribution < -0.4 is 10.3 Å². The van der Waals surface area contributed by atoms with Crippen molar-refractivity contribution < 1.29 is 4.74 Å². The minimum absolute atomic E-state index is 0.139. The Balaban J connectivity index is 1.96. The smallest absolute Gasteiger partial charge is 0.264 e. The Labute approximate surface area is 93.3 Å². The van der Waals surface area contributed by atoms with Crippen LogP contribution in [0.15, 0.2) is 35.1 Å². The number of hydrogen-bond donors (Lipinski definition) is 2. The molecular weight excluding hydrogens is 204 g/mol. The first kappa shape index (κ1) is 10.5. The van der Waals surface area contributed by atoms with E-state index in [0.717, 1.165) is 17.9 Å². The lowest BCUT2D eigenvalue weighted by Crippen LogP contribution is -1.96. The van der Waals surface area contributed by atoms with Gasteiger partial charge in [-0.15, -0.1) is 0 Å². The Kier molecular flexibility index (Phi) is 3.10. The van der Waals surface area contributed by atoms with E-state index in [-0.39, 0.29) is 5.56 Å². The Bertz CT molecular complexity index is 496. The molecule has 0 saturated heterocycles. The van der Waals surface area contributed by atoms with Crippen LogP contribution in [0.4, 0.5) is 0 Å². The van der Waals surface area contributed by atoms with Crippen molar-refractivity contribution in [2.45, 2.75) is 20.0 Å². The van der Waals surface area contributed by atoms with Crippen LogP contribution in [0.25, 0.3) is 0 Å². The summed E-state index contributed by atoms with van der Waals surface area (Å²) in [6.07, 6.45) is 1.02. The predicted molar refractivity (Wildman–Crippen MR) is 61.6 cm³/mol. The van der Waals surface area contributed by atoms with Crippen molar-refractivity contribution in [2.24, 2.45) is 0 Å². The minimum atomic E-state index is -0.139. The second kappa shape index (κ2) is 4.70. The molecule has 1 aromatic heterocycles. The van der Waals surface area contributed by atoms with Crippen molar-refractivity contribution in [1.29, 1.82) is 0 Å². The summed E-state index contributed by atoms with van der Waals surface area (Å²) in [5, 5.41) is 5.20. The molecule has 16 heavy (non-hydrogen) atoms. The monoisotopic (exact) mass is 218 g/mol. The first-order valence-corrected chi connectivity index (χ1v) is 5.26. The first-order chi connectivity index (χ1) is 7.78. The Morgan fingerprint density at radius 1 is 1.19 bits per heavy atom. The maximum Gasteiger partial charge on any atom is 0.264 e. The zero-order valence-corrected chi connectivity index (χ0v) is 9.12. The molecule has 0 radical (unpaired) electrons. The Morgan fingerprint density at radius 3 is 2.50 bits per heavy atom. The summed E-state index contributed by atoms with van der Waals surface area (Å²) in [4.78, 5) is 10.8. The third-order valence-corrected chi connectivity index (χ3v) is 2.38. The minimum Gasteiger partial charge on any atom is -0.487 e. The van der Waals surface area contributed by atoms with E-state index in [0.29, 0.717) is 6.61 Å². The van der Waals surface area contributed by atoms with E-state index in [9.17, 15) is 4.79 Å². The first-order valence-electron chi connectivity index (χ1n) is 5.26. The quantitative estimate of drug-likeness (QED) is 0.822. The molecule has 0 amide bonds. The van der Waals surface area contributed by atoms with Crippen molar-refractivity contribution in [3.63, 3.8) is 0 Å². The summed E-state index contributed by atoms with van der Waals surface area (Å²) in [5.41, 5.74) is 1.88. The van der Waals surface area contributed by atoms with Gasteiger partial charge in [-0.1, -0.05) is 19.1 Å². The van der Waals surface area contributed by atoms with Gasteiger partial charge in [-0.2, -0.15) is 0 Å². The van der Waals surface area contributed by atoms with Crippen LogP contribution in [-0.4, -0.2) is 10.2 Å². The maximum absolute atomic E-state index is 10.8. The van der Waals surface area contributed by atoms with Gasteiger partial charge in [0.1, 0.15) is 12.4 Å². The summed E-state index contributed by atoms with van der Waals surface area (Å²) in [6, 6.07) is 9.43. The van der Waals surface area contributed by atoms with Gasteiger partial charge in [-0.25, -0.2) is 0 Å². The summed E-state index contributed by atoms with van der Waals surface area (Å²) >= 11 is 0. The molecule has 2 N–H and O–H groups in total. The number of H-pyrrole nitrogens is 2. The molecular formula is C12H14N2O2. The van der Waals surface area contributed by atoms with Crippen molar-refractivity contribution in [1.82, 2.24) is 10.2 Å². The molecule has 0 aliphatic carbocycles. The van der Waals surface area contributed by atoms with Gasteiger partial charge in [0.05, 0.1) is 5.69 Å². The van der Waals surface area contributed by atoms with Gasteiger partial charge in [0.15, 0.2) is 0 Å². The van der Waals surface area contributed by atoms with Crippen LogP contribution in [-0.2, 0) is 13.0 Å². The van der Waals surface area contributed by atoms with Gasteiger partial charge < -0.3 is 4.74 Å². The molecule has 84 valence electrons. The van der Waals surface area contributed by atoms with E-state index >= 15 is 0 Å². The predicted octanol–water partition coefficient (Wildman–Crippen LogP) is 1.84. The zero-order valence-electron chi connectivity index (χ0n) is 9.12. The average molecular weight is 218 g/mol. The highest BCUT2D eigenvalue weighted by molar-refractivity contribution is 5.27. The Hall–Kier alpha value is -1.97. The number of benzene rings is 1. The number of aromatic amines is 2. The molecule has 2 rings (SSSR count). The van der Waals surface area contributed by atoms with E-state index in [4.69, 9.17) is 4.74 Å². The van der Waals surface area contributed by atoms with Crippen molar-refractivity contribution in [3.8, 4) is 5.75 Å². The SMILES string of the molecule is CCc1ccc(OCc2cc(=O)[nH][nH]2)cc1. The molecule has 4 heteroatoms. The normalized spacial score (nSPS) is 10.3. The molecule has 0 unspecified atom stereocenters. The summed E-state index contributed by atoms with van der Waals surface area (Å²) < 4.78 is 5.51. The van der Waals surface area contributed by atoms with Crippen LogP contribution in [0.5, 0.6) is 5.75 Å². The average Bonchev–Trinajstić information content (AvgIpc) is 2.73. The number of hydrogen-bond acceptors (Lipinski definition) is 2. The van der Waals surface area contributed by atoms with Crippen LogP contribution in [0.2, 0.25) is 0 Å². The largest absolute Gasteiger partial charge is 0.487 e. The van der Waals surface area contributed by atoms with Gasteiger partial charge in [0.2, 0.25) is 0 Å². The van der Waals surface area contributed by atoms with Gasteiger partial charge in [-0.05, 0) is 24.1 Å². The highest BCUT2D eigenvalue weighted by Crippen LogP contribution is 2.13. The van der Waals surface area contributed by atoms with E-state index < -0.39 is 0 Å². The number of nitrogens with one attached hydrogen (secondary N) is 2. The van der Waals surface area contributed by atoms with E-state index in [2.05, 4.69) is 17.1 Å². The second-order valence-corrected chi connectivity index (χ2v) is 3.57. The molecule has 0 aliphatic heterocycles. The van der Waals surface area contributed by atoms with Crippen molar-refractivity contribution in [2.75, 3.05) is 0 Å². The number of aryl methyl sites for hydroxylation is 1. The molecule has 0 spiro atoms. The number of aromatic nitrogens is 2. The van der Waals surface area contributed by atoms with Gasteiger partial charge >= 0.3 is 0 Å². The van der Waals surface area contributed by atoms with Crippen LogP contribution >= 0.6 is 0 Å². The van der Waals surface area contributed by atoms with Gasteiger partial charge in [0.25, 0.3) is 5.56 Å². The highest BCUT2D eigenvalue weighted by atomic mass is 16.5. The highest BCUT2D eigenvalue weighted by Gasteiger charge is 1.98. The van der Waals surface area contributed by atoms with Gasteiger partial charge in [0, 0.05) is 6.07 Å². The van der Waals surface area contributed by atoms with E-state index in [1.54, 1.807) is 0 Å². The molecule has 0 bridgehead atoms. The maximum atomic E-state index is 10.8. The topological polar surface area (TPSA) is 57.9 Å². The molecule has 0 saturated carbocycles. The fraction of sp³-hybridized carbons (Fsp3) is 0.250. The van der Waals surface area contributed by atoms with Crippen LogP contribution in [0.3, 0.4) is 0 Å². The van der Waals surface area contributed by atoms with E-state index in [1.807, 2.05) is 24.3 Å². The fourth-order valence-electron chi connectivity index (χ4n) is 1.43. The summed E-state index contributed by atoms with van der Waals surface area (Å²) in [6.45, 7) is 2.48. The molecule has 0 aliphatic rings. The molecule has 4 nitrogen and oxygen atoms in total. The molecule has 1 aromatic carbocycles. The van der Waals surface area contributed by atoms with E-state index in [1.165, 1.54) is 11.6 Å². The lowest BCUT2D eigenvalue weighted by molar-refractivity contribution is 0.301. The third kappa shape index (κ3) is 2.53. The van der Waals surface area contributed by atoms with Gasteiger partial charge in [-0.3, -0.25) is 15.0 Å². The zero-order chi connectivity index (χ0) is 11.4. The second-order valence-electron chi connectivity index (χ2n) is 3.57. The van der Waals surface area contributed by atoms with Crippen molar-refractivity contribution in [3.05, 3.63) is 51.9 Å². The fourth-order valence-corrected chi connectivity index (χ4v) is 1.43. The van der Waals surface area contributed by atoms with Crippen LogP contribution in [0.1, 0.15) is 18.2 Å². The number of rotatable bonds is 4. The van der Waals surface area contributed by atoms with Crippen LogP contribution in [0, 0.1) is 0 Å². The standard InChI is InChI=1S/C12H14N2O2/c1-2-9-3-5-11(6-4-9)16-8-10-7-12(15)14-13-10/h3-7H,2,8H2,1H3,(H2,13,14,15). The summed E-state index contributed by atoms with van der Waals surface area (Å²) in [7, 11) is 0. The molecule has 1 heterocycles. The molecule has 0 atom stereocenters. The summed E-state index contributed by atoms with van der Waals surface area (Å²) in [5.74, 6) is 0.805. The third-order valence-electron chi connectivity index (χ3n) is 2.38. The Morgan fingerprint density at radius 2 is 1.94 bits per heavy atom. The number of ether oxygens (including phenoxy) is 1. The van der Waals surface area contributed by atoms with Crippen molar-refractivity contribution >= 4 is 0 Å².